The van der Waals surface area contributed by atoms with Gasteiger partial charge in [0.05, 0.1) is 24.2 Å². The molecule has 0 saturated carbocycles. The van der Waals surface area contributed by atoms with Crippen LogP contribution in [0.25, 0.3) is 10.2 Å². The molecular formula is C20H22ClN3O3S. The number of nitrogens with zero attached hydrogens (tertiary/aromatic N) is 3. The smallest absolute Gasteiger partial charge is 0.325 e. The highest BCUT2D eigenvalue weighted by Crippen LogP contribution is 2.30. The zero-order valence-electron chi connectivity index (χ0n) is 16.2. The normalized spacial score (nSPS) is 11.2. The summed E-state index contributed by atoms with van der Waals surface area (Å²) in [7, 11) is 1.32. The SMILES string of the molecule is COC(=O)CN(C(=O)c1cc2c(C)nn(Cc3ccc(Cl)cc3)c2s1)C(C)C. The molecule has 2 heterocycles. The molecule has 0 N–H and O–H groups in total. The van der Waals surface area contributed by atoms with Crippen LogP contribution in [0.4, 0.5) is 0 Å². The fraction of sp³-hybridized carbons (Fsp3) is 0.350. The van der Waals surface area contributed by atoms with Gasteiger partial charge in [0, 0.05) is 16.5 Å². The maximum atomic E-state index is 13.0. The Bertz CT molecular complexity index is 1010. The summed E-state index contributed by atoms with van der Waals surface area (Å²) in [5.41, 5.74) is 1.94. The van der Waals surface area contributed by atoms with Crippen molar-refractivity contribution in [1.29, 1.82) is 0 Å². The van der Waals surface area contributed by atoms with Crippen molar-refractivity contribution in [2.24, 2.45) is 0 Å². The molecule has 0 spiro atoms. The molecular weight excluding hydrogens is 398 g/mol. The van der Waals surface area contributed by atoms with Crippen LogP contribution in [0.3, 0.4) is 0 Å². The summed E-state index contributed by atoms with van der Waals surface area (Å²) in [6.07, 6.45) is 0. The molecule has 0 saturated heterocycles. The van der Waals surface area contributed by atoms with Crippen molar-refractivity contribution in [3.63, 3.8) is 0 Å². The first kappa shape index (κ1) is 20.4. The van der Waals surface area contributed by atoms with E-state index >= 15 is 0 Å². The van der Waals surface area contributed by atoms with Gasteiger partial charge in [-0.25, -0.2) is 0 Å². The van der Waals surface area contributed by atoms with E-state index in [9.17, 15) is 9.59 Å². The second-order valence-corrected chi connectivity index (χ2v) is 8.27. The molecule has 3 rings (SSSR count). The largest absolute Gasteiger partial charge is 0.468 e. The monoisotopic (exact) mass is 419 g/mol. The van der Waals surface area contributed by atoms with E-state index in [2.05, 4.69) is 5.10 Å². The molecule has 8 heteroatoms. The summed E-state index contributed by atoms with van der Waals surface area (Å²) in [5, 5.41) is 6.24. The van der Waals surface area contributed by atoms with Gasteiger partial charge in [0.1, 0.15) is 11.4 Å². The average molecular weight is 420 g/mol. The highest BCUT2D eigenvalue weighted by atomic mass is 35.5. The van der Waals surface area contributed by atoms with Crippen LogP contribution in [0.1, 0.15) is 34.8 Å². The summed E-state index contributed by atoms with van der Waals surface area (Å²) in [6.45, 7) is 6.20. The minimum absolute atomic E-state index is 0.0723. The number of rotatable bonds is 6. The van der Waals surface area contributed by atoms with E-state index in [0.29, 0.717) is 16.4 Å². The summed E-state index contributed by atoms with van der Waals surface area (Å²) in [6, 6.07) is 9.35. The van der Waals surface area contributed by atoms with Crippen molar-refractivity contribution in [3.05, 3.63) is 51.5 Å². The molecule has 3 aromatic rings. The van der Waals surface area contributed by atoms with Crippen LogP contribution in [-0.2, 0) is 16.1 Å². The van der Waals surface area contributed by atoms with Gasteiger partial charge in [-0.15, -0.1) is 11.3 Å². The lowest BCUT2D eigenvalue weighted by atomic mass is 10.2. The highest BCUT2D eigenvalue weighted by molar-refractivity contribution is 7.20. The van der Waals surface area contributed by atoms with Gasteiger partial charge in [-0.3, -0.25) is 14.3 Å². The van der Waals surface area contributed by atoms with Gasteiger partial charge in [-0.1, -0.05) is 23.7 Å². The van der Waals surface area contributed by atoms with E-state index in [1.807, 2.05) is 55.8 Å². The van der Waals surface area contributed by atoms with E-state index in [-0.39, 0.29) is 18.5 Å². The number of methoxy groups -OCH3 is 1. The number of aryl methyl sites for hydroxylation is 1. The van der Waals surface area contributed by atoms with Crippen LogP contribution >= 0.6 is 22.9 Å². The topological polar surface area (TPSA) is 64.4 Å². The first-order chi connectivity index (χ1) is 13.3. The van der Waals surface area contributed by atoms with E-state index in [1.54, 1.807) is 0 Å². The van der Waals surface area contributed by atoms with E-state index in [4.69, 9.17) is 16.3 Å². The number of thiophene rings is 1. The third-order valence-electron chi connectivity index (χ3n) is 4.48. The molecule has 6 nitrogen and oxygen atoms in total. The molecule has 28 heavy (non-hydrogen) atoms. The number of aromatic nitrogens is 2. The van der Waals surface area contributed by atoms with Gasteiger partial charge in [-0.05, 0) is 44.5 Å². The highest BCUT2D eigenvalue weighted by Gasteiger charge is 2.25. The lowest BCUT2D eigenvalue weighted by Crippen LogP contribution is -2.40. The van der Waals surface area contributed by atoms with E-state index < -0.39 is 5.97 Å². The molecule has 0 radical (unpaired) electrons. The van der Waals surface area contributed by atoms with Crippen LogP contribution in [-0.4, -0.2) is 46.3 Å². The van der Waals surface area contributed by atoms with Crippen LogP contribution in [0.5, 0.6) is 0 Å². The molecule has 2 aromatic heterocycles. The fourth-order valence-electron chi connectivity index (χ4n) is 2.92. The number of fused-ring (bicyclic) bond motifs is 1. The second-order valence-electron chi connectivity index (χ2n) is 6.80. The van der Waals surface area contributed by atoms with Crippen molar-refractivity contribution in [1.82, 2.24) is 14.7 Å². The van der Waals surface area contributed by atoms with Crippen molar-refractivity contribution < 1.29 is 14.3 Å². The molecule has 0 unspecified atom stereocenters. The van der Waals surface area contributed by atoms with Gasteiger partial charge in [0.2, 0.25) is 0 Å². The average Bonchev–Trinajstić information content (AvgIpc) is 3.22. The molecule has 0 aliphatic heterocycles. The number of benzene rings is 1. The fourth-order valence-corrected chi connectivity index (χ4v) is 4.17. The third kappa shape index (κ3) is 4.20. The first-order valence-corrected chi connectivity index (χ1v) is 10.1. The predicted octanol–water partition coefficient (Wildman–Crippen LogP) is 4.13. The number of ether oxygens (including phenoxy) is 1. The Morgan fingerprint density at radius 1 is 1.29 bits per heavy atom. The zero-order valence-corrected chi connectivity index (χ0v) is 17.8. The molecule has 0 fully saturated rings. The van der Waals surface area contributed by atoms with Crippen molar-refractivity contribution in [3.8, 4) is 0 Å². The van der Waals surface area contributed by atoms with Crippen molar-refractivity contribution in [2.75, 3.05) is 13.7 Å². The Kier molecular flexibility index (Phi) is 6.05. The maximum absolute atomic E-state index is 13.0. The molecule has 0 bridgehead atoms. The Balaban J connectivity index is 1.92. The van der Waals surface area contributed by atoms with Crippen LogP contribution < -0.4 is 0 Å². The van der Waals surface area contributed by atoms with E-state index in [1.165, 1.54) is 23.3 Å². The zero-order chi connectivity index (χ0) is 20.4. The van der Waals surface area contributed by atoms with Crippen LogP contribution in [0, 0.1) is 6.92 Å². The molecule has 1 amide bonds. The Morgan fingerprint density at radius 2 is 1.96 bits per heavy atom. The number of amides is 1. The number of carbonyl (C=O) groups excluding carboxylic acids is 2. The molecule has 0 aliphatic rings. The van der Waals surface area contributed by atoms with Gasteiger partial charge >= 0.3 is 5.97 Å². The summed E-state index contributed by atoms with van der Waals surface area (Å²) < 4.78 is 6.62. The number of esters is 1. The lowest BCUT2D eigenvalue weighted by molar-refractivity contribution is -0.141. The van der Waals surface area contributed by atoms with Crippen molar-refractivity contribution >= 4 is 45.0 Å². The predicted molar refractivity (Wildman–Crippen MR) is 111 cm³/mol. The first-order valence-electron chi connectivity index (χ1n) is 8.89. The van der Waals surface area contributed by atoms with Crippen LogP contribution in [0.2, 0.25) is 5.02 Å². The Morgan fingerprint density at radius 3 is 2.57 bits per heavy atom. The van der Waals surface area contributed by atoms with Gasteiger partial charge in [-0.2, -0.15) is 5.10 Å². The second kappa shape index (κ2) is 8.32. The number of hydrogen-bond donors (Lipinski definition) is 0. The number of hydrogen-bond acceptors (Lipinski definition) is 5. The van der Waals surface area contributed by atoms with Gasteiger partial charge in [0.25, 0.3) is 5.91 Å². The number of halogens is 1. The number of carbonyl (C=O) groups is 2. The molecule has 0 atom stereocenters. The van der Waals surface area contributed by atoms with E-state index in [0.717, 1.165) is 21.5 Å². The van der Waals surface area contributed by atoms with Crippen molar-refractivity contribution in [2.45, 2.75) is 33.4 Å². The lowest BCUT2D eigenvalue weighted by Gasteiger charge is -2.24. The Labute approximate surface area is 172 Å². The summed E-state index contributed by atoms with van der Waals surface area (Å²) >= 11 is 7.34. The third-order valence-corrected chi connectivity index (χ3v) is 5.86. The summed E-state index contributed by atoms with van der Waals surface area (Å²) in [5.74, 6) is -0.618. The quantitative estimate of drug-likeness (QED) is 0.563. The van der Waals surface area contributed by atoms with Gasteiger partial charge < -0.3 is 9.64 Å². The minimum atomic E-state index is -0.437. The van der Waals surface area contributed by atoms with Crippen LogP contribution in [0.15, 0.2) is 30.3 Å². The standard InChI is InChI=1S/C20H22ClN3O3S/c1-12(2)23(11-18(25)27-4)19(26)17-9-16-13(3)22-24(20(16)28-17)10-14-5-7-15(21)8-6-14/h5-9,12H,10-11H2,1-4H3. The van der Waals surface area contributed by atoms with Gasteiger partial charge in [0.15, 0.2) is 0 Å². The molecule has 0 aliphatic carbocycles. The minimum Gasteiger partial charge on any atom is -0.468 e. The Hall–Kier alpha value is -2.38. The molecule has 1 aromatic carbocycles. The maximum Gasteiger partial charge on any atom is 0.325 e. The molecule has 148 valence electrons. The summed E-state index contributed by atoms with van der Waals surface area (Å²) in [4.78, 5) is 27.7.